The van der Waals surface area contributed by atoms with E-state index in [0.717, 1.165) is 10.6 Å². The lowest BCUT2D eigenvalue weighted by Gasteiger charge is -1.86. The van der Waals surface area contributed by atoms with Gasteiger partial charge < -0.3 is 10.7 Å². The first-order chi connectivity index (χ1) is 5.25. The number of aliphatic imine (C=N–C) groups is 1. The summed E-state index contributed by atoms with van der Waals surface area (Å²) in [5.41, 5.74) is 5.61. The smallest absolute Gasteiger partial charge is 0.132 e. The van der Waals surface area contributed by atoms with Crippen molar-refractivity contribution in [2.24, 2.45) is 10.7 Å². The predicted molar refractivity (Wildman–Crippen MR) is 47.3 cm³/mol. The SMILES string of the molecule is C=c1[nH]cc/c1=C(N)/N=C\C. The summed E-state index contributed by atoms with van der Waals surface area (Å²) >= 11 is 0. The van der Waals surface area contributed by atoms with Crippen LogP contribution < -0.4 is 16.3 Å². The third kappa shape index (κ3) is 1.49. The van der Waals surface area contributed by atoms with E-state index < -0.39 is 0 Å². The second kappa shape index (κ2) is 3.05. The van der Waals surface area contributed by atoms with Gasteiger partial charge in [-0.25, -0.2) is 4.99 Å². The van der Waals surface area contributed by atoms with Crippen molar-refractivity contribution in [3.63, 3.8) is 0 Å². The molecule has 0 aliphatic heterocycles. The van der Waals surface area contributed by atoms with Crippen LogP contribution in [0.4, 0.5) is 0 Å². The van der Waals surface area contributed by atoms with Gasteiger partial charge in [-0.2, -0.15) is 0 Å². The van der Waals surface area contributed by atoms with Crippen LogP contribution in [0.2, 0.25) is 0 Å². The summed E-state index contributed by atoms with van der Waals surface area (Å²) in [4.78, 5) is 6.86. The van der Waals surface area contributed by atoms with Gasteiger partial charge in [-0.05, 0) is 13.0 Å². The molecule has 0 unspecified atom stereocenters. The fraction of sp³-hybridized carbons (Fsp3) is 0.125. The number of hydrogen-bond donors (Lipinski definition) is 2. The minimum atomic E-state index is 0.499. The molecule has 0 aromatic carbocycles. The third-order valence-corrected chi connectivity index (χ3v) is 1.38. The van der Waals surface area contributed by atoms with Crippen LogP contribution in [0.3, 0.4) is 0 Å². The zero-order chi connectivity index (χ0) is 8.27. The maximum Gasteiger partial charge on any atom is 0.132 e. The normalized spacial score (nSPS) is 13.9. The number of rotatable bonds is 1. The molecule has 0 saturated heterocycles. The van der Waals surface area contributed by atoms with Crippen molar-refractivity contribution in [3.05, 3.63) is 22.8 Å². The van der Waals surface area contributed by atoms with Gasteiger partial charge in [0.05, 0.1) is 0 Å². The van der Waals surface area contributed by atoms with Gasteiger partial charge in [0.2, 0.25) is 0 Å². The van der Waals surface area contributed by atoms with Crippen molar-refractivity contribution in [1.82, 2.24) is 4.98 Å². The lowest BCUT2D eigenvalue weighted by molar-refractivity contribution is 1.30. The van der Waals surface area contributed by atoms with E-state index in [4.69, 9.17) is 5.73 Å². The first-order valence-corrected chi connectivity index (χ1v) is 3.36. The minimum absolute atomic E-state index is 0.499. The highest BCUT2D eigenvalue weighted by Crippen LogP contribution is 1.78. The lowest BCUT2D eigenvalue weighted by Crippen LogP contribution is -2.25. The average molecular weight is 149 g/mol. The monoisotopic (exact) mass is 149 g/mol. The van der Waals surface area contributed by atoms with Gasteiger partial charge in [-0.1, -0.05) is 6.58 Å². The lowest BCUT2D eigenvalue weighted by atomic mass is 10.4. The van der Waals surface area contributed by atoms with Gasteiger partial charge in [0.25, 0.3) is 0 Å². The summed E-state index contributed by atoms with van der Waals surface area (Å²) in [7, 11) is 0. The zero-order valence-electron chi connectivity index (χ0n) is 6.46. The van der Waals surface area contributed by atoms with Crippen LogP contribution >= 0.6 is 0 Å². The second-order valence-electron chi connectivity index (χ2n) is 2.14. The average Bonchev–Trinajstić information content (AvgIpc) is 2.36. The Morgan fingerprint density at radius 2 is 2.55 bits per heavy atom. The van der Waals surface area contributed by atoms with E-state index in [1.807, 2.05) is 13.0 Å². The Kier molecular flexibility index (Phi) is 2.11. The van der Waals surface area contributed by atoms with Crippen LogP contribution in [0.1, 0.15) is 6.92 Å². The first-order valence-electron chi connectivity index (χ1n) is 3.36. The summed E-state index contributed by atoms with van der Waals surface area (Å²) in [5.74, 6) is 0.499. The number of aromatic nitrogens is 1. The summed E-state index contributed by atoms with van der Waals surface area (Å²) in [6, 6.07) is 1.85. The largest absolute Gasteiger partial charge is 0.383 e. The molecule has 0 amide bonds. The topological polar surface area (TPSA) is 54.2 Å². The van der Waals surface area contributed by atoms with E-state index in [1.54, 1.807) is 12.4 Å². The molecule has 1 rings (SSSR count). The second-order valence-corrected chi connectivity index (χ2v) is 2.14. The molecule has 1 aromatic heterocycles. The molecule has 0 bridgehead atoms. The van der Waals surface area contributed by atoms with Crippen molar-refractivity contribution in [1.29, 1.82) is 0 Å². The van der Waals surface area contributed by atoms with Crippen molar-refractivity contribution >= 4 is 18.6 Å². The summed E-state index contributed by atoms with van der Waals surface area (Å²) < 4.78 is 0. The van der Waals surface area contributed by atoms with E-state index in [1.165, 1.54) is 0 Å². The molecule has 0 aliphatic rings. The van der Waals surface area contributed by atoms with Gasteiger partial charge in [-0.3, -0.25) is 0 Å². The Labute approximate surface area is 65.0 Å². The van der Waals surface area contributed by atoms with Gasteiger partial charge in [-0.15, -0.1) is 0 Å². The van der Waals surface area contributed by atoms with Crippen molar-refractivity contribution in [2.45, 2.75) is 6.92 Å². The van der Waals surface area contributed by atoms with Crippen molar-refractivity contribution < 1.29 is 0 Å². The summed E-state index contributed by atoms with van der Waals surface area (Å²) in [6.07, 6.45) is 3.44. The highest BCUT2D eigenvalue weighted by Gasteiger charge is 1.87. The number of H-pyrrole nitrogens is 1. The molecule has 3 heteroatoms. The van der Waals surface area contributed by atoms with Crippen molar-refractivity contribution in [2.75, 3.05) is 0 Å². The highest BCUT2D eigenvalue weighted by atomic mass is 14.9. The van der Waals surface area contributed by atoms with Gasteiger partial charge >= 0.3 is 0 Å². The van der Waals surface area contributed by atoms with E-state index in [-0.39, 0.29) is 0 Å². The van der Waals surface area contributed by atoms with E-state index >= 15 is 0 Å². The van der Waals surface area contributed by atoms with Crippen LogP contribution in [0.5, 0.6) is 0 Å². The van der Waals surface area contributed by atoms with Crippen LogP contribution in [-0.2, 0) is 0 Å². The number of nitrogens with two attached hydrogens (primary N) is 1. The fourth-order valence-electron chi connectivity index (χ4n) is 0.853. The molecular formula is C8H11N3. The zero-order valence-corrected chi connectivity index (χ0v) is 6.46. The maximum absolute atomic E-state index is 5.61. The molecular weight excluding hydrogens is 138 g/mol. The first kappa shape index (κ1) is 7.60. The van der Waals surface area contributed by atoms with Crippen LogP contribution in [0.25, 0.3) is 12.4 Å². The van der Waals surface area contributed by atoms with Gasteiger partial charge in [0.15, 0.2) is 0 Å². The van der Waals surface area contributed by atoms with Crippen LogP contribution in [0.15, 0.2) is 17.3 Å². The quantitative estimate of drug-likeness (QED) is 0.522. The maximum atomic E-state index is 5.61. The summed E-state index contributed by atoms with van der Waals surface area (Å²) in [5, 5.41) is 1.66. The number of aromatic amines is 1. The van der Waals surface area contributed by atoms with Crippen molar-refractivity contribution in [3.8, 4) is 0 Å². The number of nitrogens with zero attached hydrogens (tertiary/aromatic N) is 1. The summed E-state index contributed by atoms with van der Waals surface area (Å²) in [6.45, 7) is 5.58. The molecule has 0 radical (unpaired) electrons. The fourth-order valence-corrected chi connectivity index (χ4v) is 0.853. The van der Waals surface area contributed by atoms with Crippen LogP contribution in [0, 0.1) is 0 Å². The molecule has 3 nitrogen and oxygen atoms in total. The predicted octanol–water partition coefficient (Wildman–Crippen LogP) is -0.460. The molecule has 3 N–H and O–H groups in total. The van der Waals surface area contributed by atoms with Gasteiger partial charge in [0.1, 0.15) is 5.82 Å². The minimum Gasteiger partial charge on any atom is -0.383 e. The Bertz CT molecular complexity index is 359. The standard InChI is InChI=1S/C8H11N3/c1-3-10-8(9)7-4-5-11-6(7)2/h3-5,11H,2,9H2,1H3/b8-7-,10-3-. The molecule has 0 saturated carbocycles. The van der Waals surface area contributed by atoms with E-state index in [2.05, 4.69) is 16.6 Å². The Hall–Kier alpha value is -1.51. The Morgan fingerprint density at radius 1 is 1.82 bits per heavy atom. The molecule has 0 spiro atoms. The number of hydrogen-bond acceptors (Lipinski definition) is 2. The molecule has 1 aromatic rings. The molecule has 0 atom stereocenters. The Morgan fingerprint density at radius 3 is 3.00 bits per heavy atom. The van der Waals surface area contributed by atoms with E-state index in [9.17, 15) is 0 Å². The molecule has 0 fully saturated rings. The highest BCUT2D eigenvalue weighted by molar-refractivity contribution is 5.61. The molecule has 0 aliphatic carbocycles. The molecule has 1 heterocycles. The molecule has 58 valence electrons. The van der Waals surface area contributed by atoms with E-state index in [0.29, 0.717) is 5.82 Å². The Balaban J connectivity index is 3.38. The van der Waals surface area contributed by atoms with Gasteiger partial charge in [0, 0.05) is 23.0 Å². The molecule has 11 heavy (non-hydrogen) atoms. The number of nitrogens with one attached hydrogen (secondary N) is 1. The van der Waals surface area contributed by atoms with Crippen LogP contribution in [-0.4, -0.2) is 11.2 Å². The third-order valence-electron chi connectivity index (χ3n) is 1.38.